The Morgan fingerprint density at radius 1 is 1.07 bits per heavy atom. The van der Waals surface area contributed by atoms with Gasteiger partial charge in [0.25, 0.3) is 0 Å². The average Bonchev–Trinajstić information content (AvgIpc) is 2.20. The molecule has 0 radical (unpaired) electrons. The molecule has 1 aliphatic rings. The second-order valence-corrected chi connectivity index (χ2v) is 3.95. The Morgan fingerprint density at radius 3 is 2.57 bits per heavy atom. The molecule has 72 valence electrons. The van der Waals surface area contributed by atoms with E-state index in [2.05, 4.69) is 50.3 Å². The summed E-state index contributed by atoms with van der Waals surface area (Å²) < 4.78 is 0. The summed E-state index contributed by atoms with van der Waals surface area (Å²) in [7, 11) is 0. The molecule has 14 heavy (non-hydrogen) atoms. The summed E-state index contributed by atoms with van der Waals surface area (Å²) in [5, 5.41) is 0. The van der Waals surface area contributed by atoms with Gasteiger partial charge < -0.3 is 0 Å². The van der Waals surface area contributed by atoms with Crippen molar-refractivity contribution in [1.82, 2.24) is 0 Å². The van der Waals surface area contributed by atoms with Crippen LogP contribution in [0.1, 0.15) is 30.9 Å². The third-order valence-electron chi connectivity index (χ3n) is 2.87. The van der Waals surface area contributed by atoms with Gasteiger partial charge in [-0.15, -0.1) is 0 Å². The molecule has 0 heteroatoms. The topological polar surface area (TPSA) is 0 Å². The highest BCUT2D eigenvalue weighted by atomic mass is 14.1. The van der Waals surface area contributed by atoms with Crippen LogP contribution in [0.4, 0.5) is 0 Å². The molecule has 0 saturated heterocycles. The third-order valence-corrected chi connectivity index (χ3v) is 2.87. The van der Waals surface area contributed by atoms with Crippen LogP contribution in [-0.2, 0) is 0 Å². The van der Waals surface area contributed by atoms with Crippen molar-refractivity contribution in [3.8, 4) is 0 Å². The highest BCUT2D eigenvalue weighted by Gasteiger charge is 2.07. The van der Waals surface area contributed by atoms with Gasteiger partial charge in [0.05, 0.1) is 0 Å². The van der Waals surface area contributed by atoms with Crippen molar-refractivity contribution in [2.45, 2.75) is 26.7 Å². The van der Waals surface area contributed by atoms with E-state index in [0.29, 0.717) is 0 Å². The fourth-order valence-corrected chi connectivity index (χ4v) is 1.97. The molecule has 0 bridgehead atoms. The predicted molar refractivity (Wildman–Crippen MR) is 62.1 cm³/mol. The van der Waals surface area contributed by atoms with Gasteiger partial charge in [-0.2, -0.15) is 0 Å². The molecule has 0 unspecified atom stereocenters. The first-order chi connectivity index (χ1) is 6.79. The van der Waals surface area contributed by atoms with Crippen molar-refractivity contribution in [3.63, 3.8) is 0 Å². The number of benzene rings is 1. The van der Waals surface area contributed by atoms with Crippen molar-refractivity contribution >= 4 is 5.57 Å². The fraction of sp³-hybridized carbons (Fsp3) is 0.286. The Morgan fingerprint density at radius 2 is 1.86 bits per heavy atom. The summed E-state index contributed by atoms with van der Waals surface area (Å²) in [5.41, 5.74) is 5.70. The second kappa shape index (κ2) is 3.83. The molecular formula is C14H16. The minimum atomic E-state index is 1.20. The molecule has 0 aromatic heterocycles. The van der Waals surface area contributed by atoms with Crippen molar-refractivity contribution in [2.75, 3.05) is 0 Å². The first-order valence-electron chi connectivity index (χ1n) is 5.21. The van der Waals surface area contributed by atoms with Crippen molar-refractivity contribution in [3.05, 3.63) is 53.1 Å². The number of allylic oxidation sites excluding steroid dienone is 4. The van der Waals surface area contributed by atoms with Crippen LogP contribution < -0.4 is 0 Å². The maximum atomic E-state index is 2.27. The molecule has 0 heterocycles. The molecule has 0 fully saturated rings. The summed E-state index contributed by atoms with van der Waals surface area (Å²) in [6.07, 6.45) is 6.94. The van der Waals surface area contributed by atoms with E-state index in [1.165, 1.54) is 35.1 Å². The molecule has 0 nitrogen and oxygen atoms in total. The second-order valence-electron chi connectivity index (χ2n) is 3.95. The first-order valence-corrected chi connectivity index (χ1v) is 5.21. The van der Waals surface area contributed by atoms with Gasteiger partial charge in [-0.05, 0) is 43.4 Å². The number of hydrogen-bond donors (Lipinski definition) is 0. The molecule has 0 saturated carbocycles. The van der Waals surface area contributed by atoms with Crippen LogP contribution in [0.15, 0.2) is 42.0 Å². The quantitative estimate of drug-likeness (QED) is 0.616. The van der Waals surface area contributed by atoms with Gasteiger partial charge >= 0.3 is 0 Å². The summed E-state index contributed by atoms with van der Waals surface area (Å²) in [5.74, 6) is 0. The summed E-state index contributed by atoms with van der Waals surface area (Å²) in [6.45, 7) is 4.42. The monoisotopic (exact) mass is 184 g/mol. The zero-order chi connectivity index (χ0) is 9.97. The molecule has 2 rings (SSSR count). The van der Waals surface area contributed by atoms with Crippen LogP contribution >= 0.6 is 0 Å². The lowest BCUT2D eigenvalue weighted by molar-refractivity contribution is 0.967. The van der Waals surface area contributed by atoms with Crippen LogP contribution in [0, 0.1) is 6.92 Å². The number of hydrogen-bond acceptors (Lipinski definition) is 0. The molecular weight excluding hydrogens is 168 g/mol. The molecule has 0 spiro atoms. The smallest absolute Gasteiger partial charge is 0.0155 e. The lowest BCUT2D eigenvalue weighted by Gasteiger charge is -2.14. The molecule has 1 aromatic rings. The van der Waals surface area contributed by atoms with E-state index in [4.69, 9.17) is 0 Å². The van der Waals surface area contributed by atoms with Crippen molar-refractivity contribution < 1.29 is 0 Å². The van der Waals surface area contributed by atoms with Gasteiger partial charge in [-0.3, -0.25) is 0 Å². The van der Waals surface area contributed by atoms with Gasteiger partial charge in [0.2, 0.25) is 0 Å². The maximum Gasteiger partial charge on any atom is -0.0155 e. The average molecular weight is 184 g/mol. The molecule has 0 amide bonds. The Kier molecular flexibility index (Phi) is 2.53. The Hall–Kier alpha value is -1.30. The van der Waals surface area contributed by atoms with Gasteiger partial charge in [-0.1, -0.05) is 42.0 Å². The zero-order valence-electron chi connectivity index (χ0n) is 8.88. The van der Waals surface area contributed by atoms with Crippen molar-refractivity contribution in [2.24, 2.45) is 0 Å². The molecule has 1 aliphatic carbocycles. The van der Waals surface area contributed by atoms with E-state index < -0.39 is 0 Å². The highest BCUT2D eigenvalue weighted by Crippen LogP contribution is 2.28. The van der Waals surface area contributed by atoms with Gasteiger partial charge in [0.1, 0.15) is 0 Å². The van der Waals surface area contributed by atoms with Gasteiger partial charge in [-0.25, -0.2) is 0 Å². The summed E-state index contributed by atoms with van der Waals surface area (Å²) in [4.78, 5) is 0. The highest BCUT2D eigenvalue weighted by molar-refractivity contribution is 5.78. The van der Waals surface area contributed by atoms with Crippen LogP contribution in [0.3, 0.4) is 0 Å². The number of aryl methyl sites for hydroxylation is 1. The first kappa shape index (κ1) is 9.26. The molecule has 1 aromatic carbocycles. The Bertz CT molecular complexity index is 394. The normalized spacial score (nSPS) is 16.1. The van der Waals surface area contributed by atoms with E-state index in [1.807, 2.05) is 0 Å². The van der Waals surface area contributed by atoms with Crippen LogP contribution in [0.5, 0.6) is 0 Å². The molecule has 0 aliphatic heterocycles. The van der Waals surface area contributed by atoms with Gasteiger partial charge in [0, 0.05) is 0 Å². The fourth-order valence-electron chi connectivity index (χ4n) is 1.97. The third kappa shape index (κ3) is 1.65. The van der Waals surface area contributed by atoms with E-state index in [-0.39, 0.29) is 0 Å². The Balaban J connectivity index is 2.49. The van der Waals surface area contributed by atoms with E-state index in [9.17, 15) is 0 Å². The number of rotatable bonds is 1. The van der Waals surface area contributed by atoms with Crippen LogP contribution in [-0.4, -0.2) is 0 Å². The zero-order valence-corrected chi connectivity index (χ0v) is 8.88. The Labute approximate surface area is 86.0 Å². The lowest BCUT2D eigenvalue weighted by Crippen LogP contribution is -1.93. The van der Waals surface area contributed by atoms with Crippen LogP contribution in [0.25, 0.3) is 5.57 Å². The summed E-state index contributed by atoms with van der Waals surface area (Å²) >= 11 is 0. The van der Waals surface area contributed by atoms with Crippen molar-refractivity contribution in [1.29, 1.82) is 0 Å². The predicted octanol–water partition coefficient (Wildman–Crippen LogP) is 4.12. The summed E-state index contributed by atoms with van der Waals surface area (Å²) in [6, 6.07) is 8.61. The van der Waals surface area contributed by atoms with E-state index in [1.54, 1.807) is 0 Å². The molecule has 0 N–H and O–H groups in total. The minimum absolute atomic E-state index is 1.20. The maximum absolute atomic E-state index is 2.27. The SMILES string of the molecule is CC1=C(c2ccccc2C)C=CCC1. The molecule has 0 atom stereocenters. The lowest BCUT2D eigenvalue weighted by atomic mass is 9.91. The minimum Gasteiger partial charge on any atom is -0.0836 e. The largest absolute Gasteiger partial charge is 0.0836 e. The van der Waals surface area contributed by atoms with E-state index >= 15 is 0 Å². The van der Waals surface area contributed by atoms with Crippen LogP contribution in [0.2, 0.25) is 0 Å². The van der Waals surface area contributed by atoms with Gasteiger partial charge in [0.15, 0.2) is 0 Å². The standard InChI is InChI=1S/C14H16/c1-11-7-3-5-9-13(11)14-10-6-4-8-12(14)2/h3,5-7,9-10H,4,8H2,1-2H3. The van der Waals surface area contributed by atoms with E-state index in [0.717, 1.165) is 0 Å².